The van der Waals surface area contributed by atoms with Crippen LogP contribution in [0, 0.1) is 0 Å². The van der Waals surface area contributed by atoms with E-state index in [1.54, 1.807) is 0 Å². The molecule has 29 heavy (non-hydrogen) atoms. The number of nitrogens with zero attached hydrogens (tertiary/aromatic N) is 1. The van der Waals surface area contributed by atoms with Crippen LogP contribution in [0.25, 0.3) is 0 Å². The first-order chi connectivity index (χ1) is 14.3. The van der Waals surface area contributed by atoms with Gasteiger partial charge in [0.25, 0.3) is 0 Å². The van der Waals surface area contributed by atoms with Gasteiger partial charge >= 0.3 is 0 Å². The van der Waals surface area contributed by atoms with Gasteiger partial charge in [0, 0.05) is 5.69 Å². The fourth-order valence-electron chi connectivity index (χ4n) is 4.57. The van der Waals surface area contributed by atoms with Crippen molar-refractivity contribution in [3.63, 3.8) is 0 Å². The largest absolute Gasteiger partial charge is 0.302 e. The number of para-hydroxylation sites is 1. The van der Waals surface area contributed by atoms with Crippen LogP contribution in [0.4, 0.5) is 5.69 Å². The van der Waals surface area contributed by atoms with E-state index in [1.807, 2.05) is 89.8 Å². The van der Waals surface area contributed by atoms with Crippen molar-refractivity contribution >= 4 is 11.6 Å². The highest BCUT2D eigenvalue weighted by Crippen LogP contribution is 2.57. The van der Waals surface area contributed by atoms with Crippen LogP contribution >= 0.6 is 0 Å². The molecule has 1 heterocycles. The molecule has 1 aliphatic rings. The first-order valence-corrected chi connectivity index (χ1v) is 9.88. The third-order valence-electron chi connectivity index (χ3n) is 5.83. The van der Waals surface area contributed by atoms with Gasteiger partial charge in [-0.15, -0.1) is 0 Å². The molecule has 5 rings (SSSR count). The van der Waals surface area contributed by atoms with Crippen LogP contribution in [-0.4, -0.2) is 5.91 Å². The molecule has 0 bridgehead atoms. The van der Waals surface area contributed by atoms with E-state index < -0.39 is 5.41 Å². The van der Waals surface area contributed by atoms with Gasteiger partial charge in [-0.05, 0) is 28.8 Å². The average molecular weight is 375 g/mol. The summed E-state index contributed by atoms with van der Waals surface area (Å²) >= 11 is 0. The number of carbonyl (C=O) groups is 1. The topological polar surface area (TPSA) is 20.3 Å². The monoisotopic (exact) mass is 375 g/mol. The maximum atomic E-state index is 14.0. The number of anilines is 1. The fourth-order valence-corrected chi connectivity index (χ4v) is 4.57. The minimum atomic E-state index is -0.750. The van der Waals surface area contributed by atoms with Crippen LogP contribution in [0.5, 0.6) is 0 Å². The SMILES string of the molecule is O=C1N(c2ccccc2)C(c2ccccc2)C1(c1ccccc1)c1ccccc1. The number of carbonyl (C=O) groups excluding carboxylic acids is 1. The molecule has 0 aromatic heterocycles. The van der Waals surface area contributed by atoms with Gasteiger partial charge in [-0.1, -0.05) is 109 Å². The molecule has 4 aromatic rings. The van der Waals surface area contributed by atoms with Crippen molar-refractivity contribution in [2.45, 2.75) is 11.5 Å². The molecule has 1 atom stereocenters. The number of β-lactam (4-membered cyclic amide) rings is 1. The van der Waals surface area contributed by atoms with E-state index in [0.29, 0.717) is 0 Å². The van der Waals surface area contributed by atoms with Gasteiger partial charge < -0.3 is 4.90 Å². The molecule has 140 valence electrons. The molecular formula is C27H21NO. The van der Waals surface area contributed by atoms with Gasteiger partial charge in [-0.3, -0.25) is 4.79 Å². The summed E-state index contributed by atoms with van der Waals surface area (Å²) in [5.41, 5.74) is 3.35. The van der Waals surface area contributed by atoms with Gasteiger partial charge in [0.15, 0.2) is 0 Å². The van der Waals surface area contributed by atoms with Crippen molar-refractivity contribution in [3.05, 3.63) is 138 Å². The maximum absolute atomic E-state index is 14.0. The van der Waals surface area contributed by atoms with Crippen LogP contribution in [0.3, 0.4) is 0 Å². The summed E-state index contributed by atoms with van der Waals surface area (Å²) in [6.45, 7) is 0. The van der Waals surface area contributed by atoms with Gasteiger partial charge in [-0.2, -0.15) is 0 Å². The molecule has 2 nitrogen and oxygen atoms in total. The zero-order chi connectivity index (χ0) is 19.7. The molecule has 0 aliphatic carbocycles. The molecule has 1 saturated heterocycles. The number of hydrogen-bond acceptors (Lipinski definition) is 1. The third-order valence-corrected chi connectivity index (χ3v) is 5.83. The summed E-state index contributed by atoms with van der Waals surface area (Å²) in [6.07, 6.45) is 0. The summed E-state index contributed by atoms with van der Waals surface area (Å²) in [5, 5.41) is 0. The van der Waals surface area contributed by atoms with Gasteiger partial charge in [0.05, 0.1) is 6.04 Å². The van der Waals surface area contributed by atoms with E-state index >= 15 is 0 Å². The van der Waals surface area contributed by atoms with Crippen molar-refractivity contribution in [2.24, 2.45) is 0 Å². The summed E-state index contributed by atoms with van der Waals surface area (Å²) in [6, 6.07) is 40.5. The number of benzene rings is 4. The summed E-state index contributed by atoms with van der Waals surface area (Å²) < 4.78 is 0. The van der Waals surface area contributed by atoms with E-state index in [-0.39, 0.29) is 11.9 Å². The highest BCUT2D eigenvalue weighted by molar-refractivity contribution is 6.12. The van der Waals surface area contributed by atoms with Crippen LogP contribution in [0.15, 0.2) is 121 Å². The van der Waals surface area contributed by atoms with Gasteiger partial charge in [-0.25, -0.2) is 0 Å². The molecule has 1 fully saturated rings. The van der Waals surface area contributed by atoms with Crippen LogP contribution in [0.2, 0.25) is 0 Å². The highest BCUT2D eigenvalue weighted by atomic mass is 16.2. The Kier molecular flexibility index (Phi) is 4.25. The molecule has 0 N–H and O–H groups in total. The Morgan fingerprint density at radius 1 is 0.552 bits per heavy atom. The van der Waals surface area contributed by atoms with Crippen molar-refractivity contribution in [3.8, 4) is 0 Å². The molecular weight excluding hydrogens is 354 g/mol. The second-order valence-electron chi connectivity index (χ2n) is 7.36. The minimum absolute atomic E-state index is 0.106. The standard InChI is InChI=1S/C27H21NO/c29-26-27(22-15-7-2-8-16-22,23-17-9-3-10-18-23)25(21-13-5-1-6-14-21)28(26)24-19-11-4-12-20-24/h1-20,25H. The summed E-state index contributed by atoms with van der Waals surface area (Å²) in [4.78, 5) is 15.9. The Labute approximate surface area is 171 Å². The second kappa shape index (κ2) is 7.06. The van der Waals surface area contributed by atoms with Crippen LogP contribution < -0.4 is 4.90 Å². The van der Waals surface area contributed by atoms with E-state index in [2.05, 4.69) is 36.4 Å². The normalized spacial score (nSPS) is 17.6. The maximum Gasteiger partial charge on any atom is 0.245 e. The van der Waals surface area contributed by atoms with Gasteiger partial charge in [0.1, 0.15) is 5.41 Å². The second-order valence-corrected chi connectivity index (χ2v) is 7.36. The van der Waals surface area contributed by atoms with Crippen molar-refractivity contribution in [1.82, 2.24) is 0 Å². The van der Waals surface area contributed by atoms with Crippen LogP contribution in [-0.2, 0) is 10.2 Å². The lowest BCUT2D eigenvalue weighted by atomic mass is 9.59. The van der Waals surface area contributed by atoms with Crippen molar-refractivity contribution in [2.75, 3.05) is 4.90 Å². The molecule has 0 spiro atoms. The predicted molar refractivity (Wildman–Crippen MR) is 117 cm³/mol. The van der Waals surface area contributed by atoms with E-state index in [4.69, 9.17) is 0 Å². The third kappa shape index (κ3) is 2.60. The predicted octanol–water partition coefficient (Wildman–Crippen LogP) is 5.76. The Balaban J connectivity index is 1.78. The van der Waals surface area contributed by atoms with Gasteiger partial charge in [0.2, 0.25) is 5.91 Å². The quantitative estimate of drug-likeness (QED) is 0.415. The zero-order valence-electron chi connectivity index (χ0n) is 16.0. The Morgan fingerprint density at radius 2 is 0.966 bits per heavy atom. The van der Waals surface area contributed by atoms with E-state index in [0.717, 1.165) is 22.4 Å². The molecule has 4 aromatic carbocycles. The smallest absolute Gasteiger partial charge is 0.245 e. The minimum Gasteiger partial charge on any atom is -0.302 e. The highest BCUT2D eigenvalue weighted by Gasteiger charge is 2.63. The Morgan fingerprint density at radius 3 is 1.45 bits per heavy atom. The number of rotatable bonds is 4. The zero-order valence-corrected chi connectivity index (χ0v) is 16.0. The number of hydrogen-bond donors (Lipinski definition) is 0. The molecule has 1 unspecified atom stereocenters. The molecule has 2 heteroatoms. The Hall–Kier alpha value is -3.65. The summed E-state index contributed by atoms with van der Waals surface area (Å²) in [7, 11) is 0. The molecule has 0 radical (unpaired) electrons. The Bertz CT molecular complexity index is 1070. The lowest BCUT2D eigenvalue weighted by Gasteiger charge is -2.57. The van der Waals surface area contributed by atoms with E-state index in [1.165, 1.54) is 0 Å². The van der Waals surface area contributed by atoms with Crippen LogP contribution in [0.1, 0.15) is 22.7 Å². The summed E-state index contributed by atoms with van der Waals surface area (Å²) in [5.74, 6) is 0.106. The first kappa shape index (κ1) is 17.4. The lowest BCUT2D eigenvalue weighted by molar-refractivity contribution is -0.131. The molecule has 1 aliphatic heterocycles. The first-order valence-electron chi connectivity index (χ1n) is 9.88. The van der Waals surface area contributed by atoms with E-state index in [9.17, 15) is 4.79 Å². The van der Waals surface area contributed by atoms with Crippen molar-refractivity contribution < 1.29 is 4.79 Å². The lowest BCUT2D eigenvalue weighted by Crippen LogP contribution is -2.67. The van der Waals surface area contributed by atoms with Crippen molar-refractivity contribution in [1.29, 1.82) is 0 Å². The number of amides is 1. The average Bonchev–Trinajstić information content (AvgIpc) is 2.80. The molecule has 1 amide bonds. The molecule has 0 saturated carbocycles. The fraction of sp³-hybridized carbons (Fsp3) is 0.0741.